The van der Waals surface area contributed by atoms with Crippen LogP contribution in [0.2, 0.25) is 0 Å². The molecule has 2 fully saturated rings. The van der Waals surface area contributed by atoms with Crippen LogP contribution in [0.1, 0.15) is 75.3 Å². The first kappa shape index (κ1) is 20.6. The Morgan fingerprint density at radius 3 is 2.82 bits per heavy atom. The van der Waals surface area contributed by atoms with E-state index in [1.165, 1.54) is 30.1 Å². The summed E-state index contributed by atoms with van der Waals surface area (Å²) in [4.78, 5) is 12.7. The number of halogens is 2. The molecule has 1 aromatic carbocycles. The number of hydrogen-bond acceptors (Lipinski definition) is 2. The predicted molar refractivity (Wildman–Crippen MR) is 119 cm³/mol. The summed E-state index contributed by atoms with van der Waals surface area (Å²) in [5.41, 5.74) is 1.76. The van der Waals surface area contributed by atoms with Crippen LogP contribution in [0.15, 0.2) is 18.2 Å². The first-order chi connectivity index (χ1) is 13.5. The number of carbonyl (C=O) groups is 1. The molecule has 0 aliphatic heterocycles. The van der Waals surface area contributed by atoms with Crippen LogP contribution in [0, 0.1) is 23.2 Å². The lowest BCUT2D eigenvalue weighted by atomic mass is 9.51. The van der Waals surface area contributed by atoms with E-state index in [2.05, 4.69) is 22.6 Å². The third-order valence-corrected chi connectivity index (χ3v) is 8.76. The van der Waals surface area contributed by atoms with Crippen molar-refractivity contribution in [2.24, 2.45) is 23.2 Å². The van der Waals surface area contributed by atoms with Crippen molar-refractivity contribution >= 4 is 28.4 Å². The third-order valence-electron chi connectivity index (χ3n) is 8.00. The first-order valence-electron chi connectivity index (χ1n) is 11.0. The largest absolute Gasteiger partial charge is 0.508 e. The van der Waals surface area contributed by atoms with E-state index in [0.717, 1.165) is 30.4 Å². The van der Waals surface area contributed by atoms with E-state index in [4.69, 9.17) is 0 Å². The molecule has 1 aromatic rings. The molecular formula is C24H32FIO2. The molecule has 0 bridgehead atoms. The number of unbranched alkanes of at least 4 members (excludes halogenated alkanes) is 3. The molecule has 4 rings (SSSR count). The van der Waals surface area contributed by atoms with Crippen molar-refractivity contribution in [1.82, 2.24) is 0 Å². The van der Waals surface area contributed by atoms with Crippen molar-refractivity contribution in [1.29, 1.82) is 0 Å². The Hall–Kier alpha value is -0.650. The minimum atomic E-state index is -0.960. The van der Waals surface area contributed by atoms with Crippen LogP contribution in [-0.2, 0) is 11.2 Å². The summed E-state index contributed by atoms with van der Waals surface area (Å²) in [5, 5.41) is 10.00. The van der Waals surface area contributed by atoms with Gasteiger partial charge in [-0.15, -0.1) is 0 Å². The molecule has 3 aliphatic rings. The zero-order chi connectivity index (χ0) is 19.9. The number of phenols is 1. The van der Waals surface area contributed by atoms with E-state index >= 15 is 4.39 Å². The number of alkyl halides is 2. The summed E-state index contributed by atoms with van der Waals surface area (Å²) >= 11 is 2.44. The van der Waals surface area contributed by atoms with Gasteiger partial charge in [0.05, 0.1) is 0 Å². The summed E-state index contributed by atoms with van der Waals surface area (Å²) in [6.07, 6.45) is 7.98. The molecule has 0 radical (unpaired) electrons. The fraction of sp³-hybridized carbons (Fsp3) is 0.708. The van der Waals surface area contributed by atoms with Crippen LogP contribution >= 0.6 is 22.6 Å². The number of fused-ring (bicyclic) bond motifs is 5. The summed E-state index contributed by atoms with van der Waals surface area (Å²) < 4.78 is 16.8. The molecular weight excluding hydrogens is 466 g/mol. The van der Waals surface area contributed by atoms with Gasteiger partial charge in [0.15, 0.2) is 0 Å². The van der Waals surface area contributed by atoms with Gasteiger partial charge < -0.3 is 5.11 Å². The highest BCUT2D eigenvalue weighted by Gasteiger charge is 2.60. The predicted octanol–water partition coefficient (Wildman–Crippen LogP) is 6.38. The summed E-state index contributed by atoms with van der Waals surface area (Å²) in [6, 6.07) is 5.51. The average molecular weight is 498 g/mol. The third kappa shape index (κ3) is 3.52. The molecule has 0 saturated heterocycles. The van der Waals surface area contributed by atoms with Gasteiger partial charge in [0.2, 0.25) is 0 Å². The Morgan fingerprint density at radius 2 is 2.04 bits per heavy atom. The molecule has 0 amide bonds. The van der Waals surface area contributed by atoms with Gasteiger partial charge in [-0.2, -0.15) is 0 Å². The second kappa shape index (κ2) is 8.23. The molecule has 154 valence electrons. The Bertz CT molecular complexity index is 735. The van der Waals surface area contributed by atoms with Crippen LogP contribution in [0.4, 0.5) is 4.39 Å². The Morgan fingerprint density at radius 1 is 1.25 bits per heavy atom. The fourth-order valence-electron chi connectivity index (χ4n) is 6.69. The van der Waals surface area contributed by atoms with E-state index in [-0.39, 0.29) is 23.4 Å². The zero-order valence-electron chi connectivity index (χ0n) is 16.8. The number of rotatable bonds is 6. The van der Waals surface area contributed by atoms with E-state index < -0.39 is 11.6 Å². The molecule has 2 unspecified atom stereocenters. The minimum Gasteiger partial charge on any atom is -0.508 e. The molecule has 0 aromatic heterocycles. The molecule has 28 heavy (non-hydrogen) atoms. The average Bonchev–Trinajstić information content (AvgIpc) is 2.95. The van der Waals surface area contributed by atoms with Crippen molar-refractivity contribution in [3.8, 4) is 5.75 Å². The molecule has 4 heteroatoms. The molecule has 3 aliphatic carbocycles. The Balaban J connectivity index is 1.64. The maximum Gasteiger partial charge on any atom is 0.139 e. The quantitative estimate of drug-likeness (QED) is 0.281. The van der Waals surface area contributed by atoms with Gasteiger partial charge in [0.1, 0.15) is 17.7 Å². The monoisotopic (exact) mass is 498 g/mol. The van der Waals surface area contributed by atoms with Crippen LogP contribution in [0.3, 0.4) is 0 Å². The first-order valence-corrected chi connectivity index (χ1v) is 12.5. The van der Waals surface area contributed by atoms with Gasteiger partial charge in [-0.3, -0.25) is 4.79 Å². The second-order valence-corrected chi connectivity index (χ2v) is 10.6. The van der Waals surface area contributed by atoms with Gasteiger partial charge >= 0.3 is 0 Å². The molecule has 6 atom stereocenters. The highest BCUT2D eigenvalue weighted by Crippen LogP contribution is 2.62. The van der Waals surface area contributed by atoms with Gasteiger partial charge in [-0.05, 0) is 77.5 Å². The van der Waals surface area contributed by atoms with Crippen molar-refractivity contribution in [3.63, 3.8) is 0 Å². The second-order valence-electron chi connectivity index (χ2n) is 9.55. The number of carbonyl (C=O) groups excluding carboxylic acids is 1. The van der Waals surface area contributed by atoms with Crippen LogP contribution in [0.5, 0.6) is 5.75 Å². The lowest BCUT2D eigenvalue weighted by Gasteiger charge is -2.53. The highest BCUT2D eigenvalue weighted by molar-refractivity contribution is 14.1. The van der Waals surface area contributed by atoms with Gasteiger partial charge in [-0.1, -0.05) is 54.8 Å². The highest BCUT2D eigenvalue weighted by atomic mass is 127. The van der Waals surface area contributed by atoms with Crippen molar-refractivity contribution in [3.05, 3.63) is 29.3 Å². The molecule has 2 saturated carbocycles. The zero-order valence-corrected chi connectivity index (χ0v) is 19.0. The maximum atomic E-state index is 15.6. The number of Topliss-reactive ketones (excluding diaryl/α,β-unsaturated/α-hetero) is 1. The van der Waals surface area contributed by atoms with Crippen LogP contribution in [-0.4, -0.2) is 21.5 Å². The summed E-state index contributed by atoms with van der Waals surface area (Å²) in [7, 11) is 0. The van der Waals surface area contributed by atoms with E-state index in [9.17, 15) is 9.90 Å². The minimum absolute atomic E-state index is 0.104. The summed E-state index contributed by atoms with van der Waals surface area (Å²) in [6.45, 7) is 2.04. The molecule has 1 N–H and O–H groups in total. The van der Waals surface area contributed by atoms with E-state index in [1.807, 2.05) is 19.1 Å². The summed E-state index contributed by atoms with van der Waals surface area (Å²) in [5.74, 6) is 1.47. The standard InChI is InChI=1S/C24H32FIO2/c1-24-14-20(25)23-18-8-7-17(27)13-16(18)12-15(6-4-2-3-5-11-26)22(23)19(24)9-10-21(24)28/h7-8,13,15,19-20,22-23,27H,2-6,9-12,14H2,1H3/t15?,19-,20?,22-,23-,24-/m0/s1. The maximum absolute atomic E-state index is 15.6. The van der Waals surface area contributed by atoms with Gasteiger partial charge in [-0.25, -0.2) is 4.39 Å². The molecule has 0 heterocycles. The van der Waals surface area contributed by atoms with Crippen LogP contribution in [0.25, 0.3) is 0 Å². The number of hydrogen-bond donors (Lipinski definition) is 1. The smallest absolute Gasteiger partial charge is 0.139 e. The van der Waals surface area contributed by atoms with Gasteiger partial charge in [0.25, 0.3) is 0 Å². The molecule has 2 nitrogen and oxygen atoms in total. The number of ketones is 1. The lowest BCUT2D eigenvalue weighted by molar-refractivity contribution is -0.132. The number of benzene rings is 1. The Labute approximate surface area is 181 Å². The number of phenolic OH excluding ortho intramolecular Hbond substituents is 1. The lowest BCUT2D eigenvalue weighted by Crippen LogP contribution is -2.50. The SMILES string of the molecule is C[C@]12CC(F)[C@@H]3c4ccc(O)cc4CC(CCCCCCI)[C@H]3[C@@H]1CCC2=O. The fourth-order valence-corrected chi connectivity index (χ4v) is 7.23. The van der Waals surface area contributed by atoms with Crippen molar-refractivity contribution in [2.75, 3.05) is 4.43 Å². The Kier molecular flexibility index (Phi) is 6.06. The number of aromatic hydroxyl groups is 1. The van der Waals surface area contributed by atoms with Crippen LogP contribution < -0.4 is 0 Å². The van der Waals surface area contributed by atoms with E-state index in [1.54, 1.807) is 6.07 Å². The molecule has 0 spiro atoms. The normalized spacial score (nSPS) is 36.7. The topological polar surface area (TPSA) is 37.3 Å². The van der Waals surface area contributed by atoms with Crippen molar-refractivity contribution in [2.45, 2.75) is 76.8 Å². The van der Waals surface area contributed by atoms with Gasteiger partial charge in [0, 0.05) is 17.8 Å². The van der Waals surface area contributed by atoms with E-state index in [0.29, 0.717) is 24.7 Å². The van der Waals surface area contributed by atoms with Crippen molar-refractivity contribution < 1.29 is 14.3 Å².